The van der Waals surface area contributed by atoms with Crippen molar-refractivity contribution in [3.8, 4) is 5.88 Å². The molecule has 0 spiro atoms. The van der Waals surface area contributed by atoms with Crippen LogP contribution >= 0.6 is 0 Å². The lowest BCUT2D eigenvalue weighted by Crippen LogP contribution is -2.42. The second kappa shape index (κ2) is 5.48. The molecular weight excluding hydrogens is 306 g/mol. The van der Waals surface area contributed by atoms with Crippen LogP contribution in [0.1, 0.15) is 6.23 Å². The van der Waals surface area contributed by atoms with Crippen LogP contribution in [0.15, 0.2) is 30.4 Å². The second-order valence-corrected chi connectivity index (χ2v) is 4.98. The maximum Gasteiger partial charge on any atom is 0.242 e. The van der Waals surface area contributed by atoms with Gasteiger partial charge in [-0.15, -0.1) is 6.58 Å². The predicted molar refractivity (Wildman–Crippen MR) is 75.8 cm³/mol. The quantitative estimate of drug-likeness (QED) is 0.314. The summed E-state index contributed by atoms with van der Waals surface area (Å²) in [6, 6.07) is 0. The van der Waals surface area contributed by atoms with Crippen molar-refractivity contribution in [2.45, 2.75) is 18.1 Å². The van der Waals surface area contributed by atoms with E-state index < -0.39 is 30.6 Å². The van der Waals surface area contributed by atoms with Gasteiger partial charge < -0.3 is 20.1 Å². The number of rotatable bonds is 4. The summed E-state index contributed by atoms with van der Waals surface area (Å²) in [7, 11) is 0. The standard InChI is InChI=1S/C12H13N7O4/c1-2-6-8(21)12(3-20,17-18-13)23-11(6)19-5-16-7-9(19)14-4-15-10(7)22/h2,4-6,8,11,20-21H,1,3H2,(H,14,15,22)/t6-,8+,11-,12-/m1/s1. The highest BCUT2D eigenvalue weighted by Gasteiger charge is 2.54. The lowest BCUT2D eigenvalue weighted by Gasteiger charge is -2.24. The summed E-state index contributed by atoms with van der Waals surface area (Å²) in [6.07, 6.45) is 1.71. The highest BCUT2D eigenvalue weighted by atomic mass is 16.6. The maximum atomic E-state index is 10.4. The molecule has 4 atom stereocenters. The van der Waals surface area contributed by atoms with E-state index in [1.54, 1.807) is 0 Å². The fourth-order valence-corrected chi connectivity index (χ4v) is 2.65. The van der Waals surface area contributed by atoms with Crippen molar-refractivity contribution in [1.29, 1.82) is 0 Å². The first-order valence-electron chi connectivity index (χ1n) is 6.60. The molecule has 0 bridgehead atoms. The Kier molecular flexibility index (Phi) is 3.62. The van der Waals surface area contributed by atoms with Gasteiger partial charge in [0.2, 0.25) is 5.88 Å². The van der Waals surface area contributed by atoms with Crippen LogP contribution in [0.25, 0.3) is 21.6 Å². The average Bonchev–Trinajstić information content (AvgIpc) is 3.09. The minimum absolute atomic E-state index is 0.152. The first kappa shape index (κ1) is 15.2. The predicted octanol–water partition coefficient (Wildman–Crippen LogP) is 0.223. The number of aromatic nitrogens is 4. The third-order valence-electron chi connectivity index (χ3n) is 3.81. The lowest BCUT2D eigenvalue weighted by atomic mass is 9.96. The zero-order valence-corrected chi connectivity index (χ0v) is 11.8. The first-order valence-corrected chi connectivity index (χ1v) is 6.60. The molecule has 0 amide bonds. The van der Waals surface area contributed by atoms with Gasteiger partial charge in [0.15, 0.2) is 16.9 Å². The molecule has 120 valence electrons. The van der Waals surface area contributed by atoms with Gasteiger partial charge in [-0.3, -0.25) is 4.57 Å². The van der Waals surface area contributed by atoms with Gasteiger partial charge in [0.1, 0.15) is 18.7 Å². The molecule has 3 N–H and O–H groups in total. The number of aliphatic hydroxyl groups excluding tert-OH is 2. The van der Waals surface area contributed by atoms with Gasteiger partial charge in [-0.2, -0.15) is 4.98 Å². The molecule has 11 nitrogen and oxygen atoms in total. The molecule has 11 heteroatoms. The molecule has 0 saturated carbocycles. The molecular formula is C12H13N7O4. The molecule has 0 aliphatic carbocycles. The van der Waals surface area contributed by atoms with Crippen LogP contribution in [-0.2, 0) is 4.74 Å². The molecule has 0 radical (unpaired) electrons. The van der Waals surface area contributed by atoms with E-state index in [4.69, 9.17) is 10.3 Å². The van der Waals surface area contributed by atoms with E-state index in [9.17, 15) is 15.3 Å². The highest BCUT2D eigenvalue weighted by Crippen LogP contribution is 2.44. The smallest absolute Gasteiger partial charge is 0.242 e. The minimum Gasteiger partial charge on any atom is -0.492 e. The Labute approximate surface area is 129 Å². The van der Waals surface area contributed by atoms with Gasteiger partial charge in [-0.05, 0) is 5.53 Å². The molecule has 1 aliphatic heterocycles. The van der Waals surface area contributed by atoms with Crippen LogP contribution in [0.2, 0.25) is 0 Å². The van der Waals surface area contributed by atoms with E-state index in [1.165, 1.54) is 17.0 Å². The molecule has 1 saturated heterocycles. The van der Waals surface area contributed by atoms with Crippen molar-refractivity contribution in [2.24, 2.45) is 11.0 Å². The largest absolute Gasteiger partial charge is 0.492 e. The van der Waals surface area contributed by atoms with Crippen molar-refractivity contribution in [2.75, 3.05) is 6.61 Å². The number of azide groups is 1. The van der Waals surface area contributed by atoms with E-state index in [1.807, 2.05) is 0 Å². The number of hydrogen-bond acceptors (Lipinski definition) is 8. The van der Waals surface area contributed by atoms with Crippen molar-refractivity contribution >= 4 is 11.2 Å². The Bertz CT molecular complexity index is 802. The summed E-state index contributed by atoms with van der Waals surface area (Å²) >= 11 is 0. The zero-order chi connectivity index (χ0) is 16.6. The number of aromatic hydroxyl groups is 1. The Balaban J connectivity index is 2.12. The number of hydrogen-bond donors (Lipinski definition) is 3. The van der Waals surface area contributed by atoms with Crippen LogP contribution in [0, 0.1) is 5.92 Å². The van der Waals surface area contributed by atoms with E-state index in [-0.39, 0.29) is 17.0 Å². The Morgan fingerprint density at radius 3 is 2.96 bits per heavy atom. The Hall–Kier alpha value is -2.72. The number of nitrogens with zero attached hydrogens (tertiary/aromatic N) is 7. The topological polar surface area (TPSA) is 162 Å². The summed E-state index contributed by atoms with van der Waals surface area (Å²) in [5, 5.41) is 33.0. The summed E-state index contributed by atoms with van der Waals surface area (Å²) in [5.74, 6) is -1.01. The summed E-state index contributed by atoms with van der Waals surface area (Å²) in [4.78, 5) is 14.3. The number of ether oxygens (including phenoxy) is 1. The van der Waals surface area contributed by atoms with E-state index in [2.05, 4.69) is 31.6 Å². The molecule has 2 aromatic rings. The normalized spacial score (nSPS) is 30.3. The van der Waals surface area contributed by atoms with Crippen molar-refractivity contribution in [3.05, 3.63) is 35.8 Å². The molecule has 0 unspecified atom stereocenters. The second-order valence-electron chi connectivity index (χ2n) is 4.98. The Morgan fingerprint density at radius 1 is 1.52 bits per heavy atom. The minimum atomic E-state index is -1.84. The van der Waals surface area contributed by atoms with Gasteiger partial charge in [0.05, 0.1) is 18.9 Å². The van der Waals surface area contributed by atoms with Gasteiger partial charge in [-0.1, -0.05) is 11.2 Å². The van der Waals surface area contributed by atoms with E-state index in [0.29, 0.717) is 0 Å². The van der Waals surface area contributed by atoms with Crippen molar-refractivity contribution < 1.29 is 20.1 Å². The fraction of sp³-hybridized carbons (Fsp3) is 0.417. The highest BCUT2D eigenvalue weighted by molar-refractivity contribution is 5.75. The van der Waals surface area contributed by atoms with E-state index in [0.717, 1.165) is 6.33 Å². The van der Waals surface area contributed by atoms with Crippen LogP contribution < -0.4 is 0 Å². The number of imidazole rings is 1. The number of aliphatic hydroxyl groups is 2. The lowest BCUT2D eigenvalue weighted by molar-refractivity contribution is -0.122. The average molecular weight is 319 g/mol. The molecule has 3 heterocycles. The molecule has 3 rings (SSSR count). The van der Waals surface area contributed by atoms with Gasteiger partial charge >= 0.3 is 0 Å². The van der Waals surface area contributed by atoms with Crippen LogP contribution in [0.3, 0.4) is 0 Å². The van der Waals surface area contributed by atoms with Gasteiger partial charge in [0, 0.05) is 4.91 Å². The molecule has 0 aromatic carbocycles. The third kappa shape index (κ3) is 2.11. The zero-order valence-electron chi connectivity index (χ0n) is 11.8. The van der Waals surface area contributed by atoms with Crippen LogP contribution in [-0.4, -0.2) is 53.3 Å². The first-order chi connectivity index (χ1) is 11.1. The van der Waals surface area contributed by atoms with Crippen molar-refractivity contribution in [1.82, 2.24) is 19.5 Å². The maximum absolute atomic E-state index is 10.4. The van der Waals surface area contributed by atoms with Gasteiger partial charge in [-0.25, -0.2) is 9.97 Å². The number of fused-ring (bicyclic) bond motifs is 1. The monoisotopic (exact) mass is 319 g/mol. The van der Waals surface area contributed by atoms with Gasteiger partial charge in [0.25, 0.3) is 0 Å². The summed E-state index contributed by atoms with van der Waals surface area (Å²) < 4.78 is 7.08. The third-order valence-corrected chi connectivity index (χ3v) is 3.81. The van der Waals surface area contributed by atoms with Crippen LogP contribution in [0.4, 0.5) is 0 Å². The molecule has 1 aliphatic rings. The molecule has 2 aromatic heterocycles. The Morgan fingerprint density at radius 2 is 2.30 bits per heavy atom. The SMILES string of the molecule is C=C[C@H]1[C@H](n2cnc3c(O)ncnc32)O[C@@](CO)(N=[N+]=[N-])[C@H]1O. The fourth-order valence-electron chi connectivity index (χ4n) is 2.65. The summed E-state index contributed by atoms with van der Waals surface area (Å²) in [5.41, 5.74) is 7.25. The molecule has 1 fully saturated rings. The summed E-state index contributed by atoms with van der Waals surface area (Å²) in [6.45, 7) is 2.92. The molecule has 23 heavy (non-hydrogen) atoms. The van der Waals surface area contributed by atoms with E-state index >= 15 is 0 Å². The van der Waals surface area contributed by atoms with Crippen LogP contribution in [0.5, 0.6) is 5.88 Å². The van der Waals surface area contributed by atoms with Crippen molar-refractivity contribution in [3.63, 3.8) is 0 Å².